The van der Waals surface area contributed by atoms with Gasteiger partial charge in [-0.1, -0.05) is 29.8 Å². The third kappa shape index (κ3) is 3.09. The van der Waals surface area contributed by atoms with Crippen molar-refractivity contribution >= 4 is 39.8 Å². The van der Waals surface area contributed by atoms with Crippen LogP contribution in [0.1, 0.15) is 43.0 Å². The average Bonchev–Trinajstić information content (AvgIpc) is 3.56. The molecule has 1 N–H and O–H groups in total. The van der Waals surface area contributed by atoms with Crippen LogP contribution in [0.2, 0.25) is 5.02 Å². The van der Waals surface area contributed by atoms with Gasteiger partial charge in [0.25, 0.3) is 5.56 Å². The molecule has 1 saturated heterocycles. The van der Waals surface area contributed by atoms with Crippen LogP contribution in [0.25, 0.3) is 22.2 Å². The Balaban J connectivity index is 1.65. The Labute approximate surface area is 204 Å². The van der Waals surface area contributed by atoms with Gasteiger partial charge >= 0.3 is 0 Å². The highest BCUT2D eigenvalue weighted by atomic mass is 35.5. The molecule has 0 spiro atoms. The summed E-state index contributed by atoms with van der Waals surface area (Å²) in [5, 5.41) is 12.8. The van der Waals surface area contributed by atoms with Gasteiger partial charge in [-0.15, -0.1) is 0 Å². The molecule has 5 aromatic rings. The molecule has 0 aliphatic carbocycles. The molecular formula is C24H21ClN8O2. The number of carbonyl (C=O) groups excluding carboxylic acids is 1. The van der Waals surface area contributed by atoms with Gasteiger partial charge in [-0.3, -0.25) is 19.3 Å². The fourth-order valence-corrected chi connectivity index (χ4v) is 5.26. The lowest BCUT2D eigenvalue weighted by atomic mass is 9.96. The van der Waals surface area contributed by atoms with Crippen molar-refractivity contribution < 1.29 is 4.79 Å². The van der Waals surface area contributed by atoms with E-state index in [0.29, 0.717) is 57.6 Å². The van der Waals surface area contributed by atoms with Crippen LogP contribution < -0.4 is 10.5 Å². The van der Waals surface area contributed by atoms with Gasteiger partial charge in [-0.05, 0) is 38.0 Å². The summed E-state index contributed by atoms with van der Waals surface area (Å²) in [7, 11) is 0. The predicted octanol–water partition coefficient (Wildman–Crippen LogP) is 3.52. The molecule has 6 rings (SSSR count). The highest BCUT2D eigenvalue weighted by molar-refractivity contribution is 6.33. The number of nitrogens with one attached hydrogen (secondary N) is 1. The van der Waals surface area contributed by atoms with E-state index < -0.39 is 5.54 Å². The first-order valence-corrected chi connectivity index (χ1v) is 11.6. The average molecular weight is 489 g/mol. The number of benzene rings is 1. The topological polar surface area (TPSA) is 114 Å². The molecule has 0 radical (unpaired) electrons. The molecule has 0 saturated carbocycles. The van der Waals surface area contributed by atoms with Crippen molar-refractivity contribution in [3.63, 3.8) is 0 Å². The van der Waals surface area contributed by atoms with Crippen LogP contribution in [0.5, 0.6) is 0 Å². The zero-order chi connectivity index (χ0) is 24.3. The van der Waals surface area contributed by atoms with E-state index in [9.17, 15) is 9.59 Å². The Kier molecular flexibility index (Phi) is 4.75. The minimum Gasteiger partial charge on any atom is -0.343 e. The maximum absolute atomic E-state index is 13.8. The first-order valence-electron chi connectivity index (χ1n) is 11.2. The summed E-state index contributed by atoms with van der Waals surface area (Å²) in [6.45, 7) is 4.17. The van der Waals surface area contributed by atoms with E-state index in [1.165, 1.54) is 17.8 Å². The molecule has 1 unspecified atom stereocenters. The summed E-state index contributed by atoms with van der Waals surface area (Å²) in [6.07, 6.45) is 4.68. The van der Waals surface area contributed by atoms with Gasteiger partial charge in [0.1, 0.15) is 23.4 Å². The van der Waals surface area contributed by atoms with Crippen LogP contribution >= 0.6 is 11.6 Å². The molecule has 1 atom stereocenters. The van der Waals surface area contributed by atoms with E-state index in [1.807, 2.05) is 37.3 Å². The van der Waals surface area contributed by atoms with Gasteiger partial charge in [0.05, 0.1) is 21.6 Å². The van der Waals surface area contributed by atoms with Crippen LogP contribution in [0.3, 0.4) is 0 Å². The Morgan fingerprint density at radius 3 is 2.74 bits per heavy atom. The van der Waals surface area contributed by atoms with E-state index in [-0.39, 0.29) is 11.3 Å². The number of anilines is 1. The van der Waals surface area contributed by atoms with E-state index >= 15 is 0 Å². The molecule has 1 fully saturated rings. The van der Waals surface area contributed by atoms with Gasteiger partial charge in [0.2, 0.25) is 0 Å². The Morgan fingerprint density at radius 2 is 1.97 bits per heavy atom. The summed E-state index contributed by atoms with van der Waals surface area (Å²) >= 11 is 6.36. The molecule has 35 heavy (non-hydrogen) atoms. The van der Waals surface area contributed by atoms with E-state index in [1.54, 1.807) is 16.8 Å². The third-order valence-electron chi connectivity index (χ3n) is 6.71. The van der Waals surface area contributed by atoms with Crippen molar-refractivity contribution in [2.24, 2.45) is 0 Å². The SMILES string of the molecule is CC(=O)c1[nH]nc2ncnc(N3CCCC3(C)c3nn4ccc(Cl)c4c(=O)n3-c3ccccc3)c12. The smallest absolute Gasteiger partial charge is 0.284 e. The molecule has 1 aliphatic heterocycles. The number of halogens is 1. The summed E-state index contributed by atoms with van der Waals surface area (Å²) in [4.78, 5) is 37.0. The van der Waals surface area contributed by atoms with Crippen molar-refractivity contribution in [1.29, 1.82) is 0 Å². The maximum atomic E-state index is 13.8. The van der Waals surface area contributed by atoms with Crippen LogP contribution in [-0.4, -0.2) is 46.7 Å². The second kappa shape index (κ2) is 7.74. The third-order valence-corrected chi connectivity index (χ3v) is 7.02. The second-order valence-electron chi connectivity index (χ2n) is 8.84. The number of Topliss-reactive ketones (excluding diaryl/α,β-unsaturated/α-hetero) is 1. The summed E-state index contributed by atoms with van der Waals surface area (Å²) in [5.74, 6) is 0.964. The lowest BCUT2D eigenvalue weighted by Gasteiger charge is -2.37. The van der Waals surface area contributed by atoms with Gasteiger partial charge in [0, 0.05) is 19.7 Å². The number of hydrogen-bond donors (Lipinski definition) is 1. The largest absolute Gasteiger partial charge is 0.343 e. The first kappa shape index (κ1) is 21.5. The van der Waals surface area contributed by atoms with E-state index in [0.717, 1.165) is 6.42 Å². The molecule has 176 valence electrons. The highest BCUT2D eigenvalue weighted by Gasteiger charge is 2.44. The van der Waals surface area contributed by atoms with Crippen molar-refractivity contribution in [2.45, 2.75) is 32.2 Å². The van der Waals surface area contributed by atoms with E-state index in [2.05, 4.69) is 25.1 Å². The number of fused-ring (bicyclic) bond motifs is 2. The molecule has 5 heterocycles. The van der Waals surface area contributed by atoms with Crippen LogP contribution in [-0.2, 0) is 5.54 Å². The fourth-order valence-electron chi connectivity index (χ4n) is 5.03. The normalized spacial score (nSPS) is 18.1. The maximum Gasteiger partial charge on any atom is 0.284 e. The number of aromatic nitrogens is 7. The lowest BCUT2D eigenvalue weighted by molar-refractivity contribution is 0.101. The molecule has 11 heteroatoms. The van der Waals surface area contributed by atoms with Crippen LogP contribution in [0.15, 0.2) is 53.7 Å². The second-order valence-corrected chi connectivity index (χ2v) is 9.24. The Morgan fingerprint density at radius 1 is 1.17 bits per heavy atom. The predicted molar refractivity (Wildman–Crippen MR) is 131 cm³/mol. The summed E-state index contributed by atoms with van der Waals surface area (Å²) in [6, 6.07) is 11.1. The van der Waals surface area contributed by atoms with Gasteiger partial charge in [-0.2, -0.15) is 10.2 Å². The number of H-pyrrole nitrogens is 1. The quantitative estimate of drug-likeness (QED) is 0.385. The Hall–Kier alpha value is -4.05. The molecule has 4 aromatic heterocycles. The zero-order valence-electron chi connectivity index (χ0n) is 19.1. The molecule has 1 aromatic carbocycles. The van der Waals surface area contributed by atoms with E-state index in [4.69, 9.17) is 16.7 Å². The number of aromatic amines is 1. The van der Waals surface area contributed by atoms with Crippen molar-refractivity contribution in [1.82, 2.24) is 34.3 Å². The molecule has 1 aliphatic rings. The number of ketones is 1. The monoisotopic (exact) mass is 488 g/mol. The molecule has 10 nitrogen and oxygen atoms in total. The first-order chi connectivity index (χ1) is 16.9. The zero-order valence-corrected chi connectivity index (χ0v) is 19.8. The van der Waals surface area contributed by atoms with Crippen molar-refractivity contribution in [3.8, 4) is 5.69 Å². The summed E-state index contributed by atoms with van der Waals surface area (Å²) < 4.78 is 3.16. The van der Waals surface area contributed by atoms with Crippen molar-refractivity contribution in [3.05, 3.63) is 75.8 Å². The number of nitrogens with zero attached hydrogens (tertiary/aromatic N) is 7. The number of carbonyl (C=O) groups is 1. The number of hydrogen-bond acceptors (Lipinski definition) is 7. The fraction of sp³-hybridized carbons (Fsp3) is 0.250. The van der Waals surface area contributed by atoms with Gasteiger partial charge in [0.15, 0.2) is 17.3 Å². The number of para-hydroxylation sites is 1. The lowest BCUT2D eigenvalue weighted by Crippen LogP contribution is -2.45. The number of rotatable bonds is 4. The standard InChI is InChI=1S/C24H21ClN8O2/c1-14(34)18-17-20(29-28-18)26-13-27-21(17)31-11-6-10-24(31,2)23-30-32-12-9-16(25)19(32)22(35)33(23)15-7-4-3-5-8-15/h3-5,7-9,12-13H,6,10-11H2,1-2H3,(H,26,27,28,29). The minimum atomic E-state index is -0.730. The molecular weight excluding hydrogens is 468 g/mol. The summed E-state index contributed by atoms with van der Waals surface area (Å²) in [5.41, 5.74) is 0.775. The highest BCUT2D eigenvalue weighted by Crippen LogP contribution is 2.42. The van der Waals surface area contributed by atoms with Crippen LogP contribution in [0.4, 0.5) is 5.82 Å². The molecule has 0 bridgehead atoms. The van der Waals surface area contributed by atoms with Gasteiger partial charge in [-0.25, -0.2) is 14.5 Å². The minimum absolute atomic E-state index is 0.160. The molecule has 0 amide bonds. The van der Waals surface area contributed by atoms with Crippen molar-refractivity contribution in [2.75, 3.05) is 11.4 Å². The Bertz CT molecular complexity index is 1670. The van der Waals surface area contributed by atoms with Crippen LogP contribution in [0, 0.1) is 0 Å². The van der Waals surface area contributed by atoms with Gasteiger partial charge < -0.3 is 4.90 Å².